The van der Waals surface area contributed by atoms with E-state index < -0.39 is 15.8 Å². The Morgan fingerprint density at radius 2 is 1.68 bits per heavy atom. The second kappa shape index (κ2) is 11.5. The molecule has 0 radical (unpaired) electrons. The highest BCUT2D eigenvalue weighted by Crippen LogP contribution is 2.31. The Hall–Kier alpha value is -2.48. The molecule has 12 heteroatoms. The molecule has 2 saturated heterocycles. The van der Waals surface area contributed by atoms with E-state index in [1.807, 2.05) is 0 Å². The number of para-hydroxylation sites is 1. The van der Waals surface area contributed by atoms with Crippen molar-refractivity contribution in [3.63, 3.8) is 0 Å². The minimum absolute atomic E-state index is 0.131. The summed E-state index contributed by atoms with van der Waals surface area (Å²) in [6.45, 7) is 5.59. The van der Waals surface area contributed by atoms with Crippen molar-refractivity contribution in [1.29, 1.82) is 0 Å². The van der Waals surface area contributed by atoms with E-state index in [9.17, 15) is 17.6 Å². The van der Waals surface area contributed by atoms with Gasteiger partial charge in [0.05, 0.1) is 36.0 Å². The molecule has 0 atom stereocenters. The van der Waals surface area contributed by atoms with Gasteiger partial charge in [-0.2, -0.15) is 4.31 Å². The number of halogens is 1. The molecule has 2 aliphatic rings. The fourth-order valence-electron chi connectivity index (χ4n) is 4.44. The zero-order valence-corrected chi connectivity index (χ0v) is 22.0. The van der Waals surface area contributed by atoms with Gasteiger partial charge in [-0.25, -0.2) is 17.8 Å². The number of sulfonamides is 1. The number of rotatable bonds is 8. The van der Waals surface area contributed by atoms with Gasteiger partial charge in [-0.15, -0.1) is 0 Å². The minimum Gasteiger partial charge on any atom is -0.379 e. The summed E-state index contributed by atoms with van der Waals surface area (Å²) in [5, 5.41) is 0.414. The Balaban J connectivity index is 1.37. The highest BCUT2D eigenvalue weighted by molar-refractivity contribution is 7.89. The SMILES string of the molecule is O=C(c1ccc(S(=O)(=O)N2CCOCC2)cc1)N(CCCN1CCOCC1)c1nc2c(F)cccc2s1. The average Bonchev–Trinajstić information content (AvgIpc) is 3.37. The van der Waals surface area contributed by atoms with Crippen LogP contribution in [0.4, 0.5) is 9.52 Å². The number of amides is 1. The molecule has 0 aliphatic carbocycles. The number of nitrogens with zero attached hydrogens (tertiary/aromatic N) is 4. The Labute approximate surface area is 219 Å². The van der Waals surface area contributed by atoms with Crippen molar-refractivity contribution >= 4 is 42.6 Å². The van der Waals surface area contributed by atoms with Gasteiger partial charge in [0.1, 0.15) is 11.3 Å². The number of hydrogen-bond acceptors (Lipinski definition) is 8. The van der Waals surface area contributed by atoms with Crippen LogP contribution in [0.5, 0.6) is 0 Å². The van der Waals surface area contributed by atoms with Gasteiger partial charge in [-0.1, -0.05) is 17.4 Å². The first-order valence-corrected chi connectivity index (χ1v) is 14.5. The van der Waals surface area contributed by atoms with Crippen LogP contribution in [0.15, 0.2) is 47.4 Å². The third kappa shape index (κ3) is 5.84. The molecule has 198 valence electrons. The summed E-state index contributed by atoms with van der Waals surface area (Å²) < 4.78 is 53.0. The number of aromatic nitrogens is 1. The molecule has 1 aromatic heterocycles. The summed E-state index contributed by atoms with van der Waals surface area (Å²) in [5.74, 6) is -0.741. The zero-order valence-electron chi connectivity index (χ0n) is 20.3. The van der Waals surface area contributed by atoms with Crippen molar-refractivity contribution in [2.75, 3.05) is 70.6 Å². The van der Waals surface area contributed by atoms with Crippen molar-refractivity contribution < 1.29 is 27.1 Å². The van der Waals surface area contributed by atoms with E-state index in [1.54, 1.807) is 17.0 Å². The molecule has 3 aromatic rings. The fraction of sp³-hybridized carbons (Fsp3) is 0.440. The number of hydrogen-bond donors (Lipinski definition) is 0. The van der Waals surface area contributed by atoms with Crippen LogP contribution in [0.2, 0.25) is 0 Å². The van der Waals surface area contributed by atoms with Gasteiger partial charge in [0.25, 0.3) is 5.91 Å². The fourth-order valence-corrected chi connectivity index (χ4v) is 6.85. The maximum absolute atomic E-state index is 14.3. The van der Waals surface area contributed by atoms with Crippen LogP contribution in [-0.4, -0.2) is 94.2 Å². The summed E-state index contributed by atoms with van der Waals surface area (Å²) in [6.07, 6.45) is 0.702. The monoisotopic (exact) mass is 548 g/mol. The third-order valence-electron chi connectivity index (χ3n) is 6.50. The van der Waals surface area contributed by atoms with E-state index in [4.69, 9.17) is 9.47 Å². The van der Waals surface area contributed by atoms with Gasteiger partial charge in [0.2, 0.25) is 10.0 Å². The van der Waals surface area contributed by atoms with Crippen molar-refractivity contribution in [2.24, 2.45) is 0 Å². The maximum Gasteiger partial charge on any atom is 0.260 e. The molecule has 0 N–H and O–H groups in total. The van der Waals surface area contributed by atoms with Crippen LogP contribution in [0.3, 0.4) is 0 Å². The van der Waals surface area contributed by atoms with Crippen molar-refractivity contribution in [3.8, 4) is 0 Å². The van der Waals surface area contributed by atoms with E-state index >= 15 is 0 Å². The molecule has 9 nitrogen and oxygen atoms in total. The first kappa shape index (κ1) is 26.1. The Bertz CT molecular complexity index is 1340. The lowest BCUT2D eigenvalue weighted by atomic mass is 10.2. The maximum atomic E-state index is 14.3. The van der Waals surface area contributed by atoms with E-state index in [0.717, 1.165) is 19.6 Å². The Morgan fingerprint density at radius 1 is 1.00 bits per heavy atom. The molecule has 1 amide bonds. The second-order valence-corrected chi connectivity index (χ2v) is 11.8. The minimum atomic E-state index is -3.66. The average molecular weight is 549 g/mol. The summed E-state index contributed by atoms with van der Waals surface area (Å²) in [5.41, 5.74) is 0.576. The molecule has 37 heavy (non-hydrogen) atoms. The summed E-state index contributed by atoms with van der Waals surface area (Å²) in [7, 11) is -3.66. The predicted molar refractivity (Wildman–Crippen MR) is 139 cm³/mol. The zero-order chi connectivity index (χ0) is 25.8. The number of carbonyl (C=O) groups excluding carboxylic acids is 1. The molecule has 3 heterocycles. The molecule has 5 rings (SSSR count). The van der Waals surface area contributed by atoms with Gasteiger partial charge >= 0.3 is 0 Å². The normalized spacial score (nSPS) is 17.8. The number of fused-ring (bicyclic) bond motifs is 1. The molecule has 0 bridgehead atoms. The largest absolute Gasteiger partial charge is 0.379 e. The lowest BCUT2D eigenvalue weighted by molar-refractivity contribution is 0.0376. The third-order valence-corrected chi connectivity index (χ3v) is 9.46. The van der Waals surface area contributed by atoms with Gasteiger partial charge in [-0.05, 0) is 42.8 Å². The molecule has 2 aliphatic heterocycles. The Kier molecular flexibility index (Phi) is 8.12. The molecule has 0 unspecified atom stereocenters. The first-order chi connectivity index (χ1) is 17.9. The van der Waals surface area contributed by atoms with Crippen LogP contribution in [-0.2, 0) is 19.5 Å². The summed E-state index contributed by atoms with van der Waals surface area (Å²) >= 11 is 1.26. The lowest BCUT2D eigenvalue weighted by Gasteiger charge is -2.28. The van der Waals surface area contributed by atoms with Crippen LogP contribution >= 0.6 is 11.3 Å². The molecule has 2 fully saturated rings. The molecular formula is C25H29FN4O5S2. The van der Waals surface area contributed by atoms with Gasteiger partial charge < -0.3 is 9.47 Å². The van der Waals surface area contributed by atoms with Crippen LogP contribution < -0.4 is 4.90 Å². The predicted octanol–water partition coefficient (Wildman–Crippen LogP) is 2.83. The first-order valence-electron chi connectivity index (χ1n) is 12.3. The van der Waals surface area contributed by atoms with Crippen molar-refractivity contribution in [3.05, 3.63) is 53.8 Å². The number of thiazole rings is 1. The van der Waals surface area contributed by atoms with Gasteiger partial charge in [-0.3, -0.25) is 14.6 Å². The molecule has 2 aromatic carbocycles. The topological polar surface area (TPSA) is 92.3 Å². The second-order valence-electron chi connectivity index (χ2n) is 8.89. The number of morpholine rings is 2. The van der Waals surface area contributed by atoms with Crippen molar-refractivity contribution in [1.82, 2.24) is 14.2 Å². The van der Waals surface area contributed by atoms with E-state index in [1.165, 1.54) is 46.0 Å². The lowest BCUT2D eigenvalue weighted by Crippen LogP contribution is -2.40. The highest BCUT2D eigenvalue weighted by Gasteiger charge is 2.27. The van der Waals surface area contributed by atoms with E-state index in [0.29, 0.717) is 67.9 Å². The Morgan fingerprint density at radius 3 is 2.35 bits per heavy atom. The quantitative estimate of drug-likeness (QED) is 0.428. The number of benzene rings is 2. The standard InChI is InChI=1S/C25H29FN4O5S2/c26-21-3-1-4-22-23(21)27-25(36-22)30(10-2-9-28-11-15-34-16-12-28)24(31)19-5-7-20(8-6-19)37(32,33)29-13-17-35-18-14-29/h1,3-8H,2,9-18H2. The van der Waals surface area contributed by atoms with Gasteiger partial charge in [0.15, 0.2) is 5.13 Å². The number of ether oxygens (including phenoxy) is 2. The van der Waals surface area contributed by atoms with Crippen LogP contribution in [0, 0.1) is 5.82 Å². The number of carbonyl (C=O) groups is 1. The van der Waals surface area contributed by atoms with E-state index in [-0.39, 0.29) is 16.3 Å². The van der Waals surface area contributed by atoms with Crippen molar-refractivity contribution in [2.45, 2.75) is 11.3 Å². The molecule has 0 spiro atoms. The van der Waals surface area contributed by atoms with Gasteiger partial charge in [0, 0.05) is 44.8 Å². The molecule has 0 saturated carbocycles. The summed E-state index contributed by atoms with van der Waals surface area (Å²) in [6, 6.07) is 10.7. The van der Waals surface area contributed by atoms with Crippen LogP contribution in [0.1, 0.15) is 16.8 Å². The van der Waals surface area contributed by atoms with E-state index in [2.05, 4.69) is 9.88 Å². The molecular weight excluding hydrogens is 519 g/mol. The number of anilines is 1. The highest BCUT2D eigenvalue weighted by atomic mass is 32.2. The summed E-state index contributed by atoms with van der Waals surface area (Å²) in [4.78, 5) is 22.1. The van der Waals surface area contributed by atoms with Crippen LogP contribution in [0.25, 0.3) is 10.2 Å². The smallest absolute Gasteiger partial charge is 0.260 e.